The predicted molar refractivity (Wildman–Crippen MR) is 85.2 cm³/mol. The molecule has 2 aromatic rings. The first-order valence-electron chi connectivity index (χ1n) is 6.57. The molecule has 0 aliphatic heterocycles. The summed E-state index contributed by atoms with van der Waals surface area (Å²) in [6, 6.07) is 12.0. The van der Waals surface area contributed by atoms with E-state index in [1.54, 1.807) is 6.07 Å². The van der Waals surface area contributed by atoms with Crippen LogP contribution in [-0.2, 0) is 22.4 Å². The summed E-state index contributed by atoms with van der Waals surface area (Å²) in [7, 11) is -4.13. The fraction of sp³-hybridized carbons (Fsp3) is 0.0714. The topological polar surface area (TPSA) is 121 Å². The maximum absolute atomic E-state index is 12.7. The quantitative estimate of drug-likeness (QED) is 0.414. The number of hydrogen-bond acceptors (Lipinski definition) is 6. The predicted octanol–water partition coefficient (Wildman–Crippen LogP) is 0.487. The zero-order valence-electron chi connectivity index (χ0n) is 12.4. The molecule has 0 bridgehead atoms. The van der Waals surface area contributed by atoms with Crippen molar-refractivity contribution in [2.75, 3.05) is 4.31 Å². The molecule has 0 heterocycles. The van der Waals surface area contributed by atoms with Crippen molar-refractivity contribution in [3.63, 3.8) is 0 Å². The van der Waals surface area contributed by atoms with Crippen molar-refractivity contribution in [1.82, 2.24) is 0 Å². The van der Waals surface area contributed by atoms with Crippen LogP contribution >= 0.6 is 0 Å². The minimum atomic E-state index is -5.05. The van der Waals surface area contributed by atoms with Crippen LogP contribution in [0.5, 0.6) is 0 Å². The van der Waals surface area contributed by atoms with Gasteiger partial charge in [-0.3, -0.25) is 0 Å². The van der Waals surface area contributed by atoms with Crippen LogP contribution in [0.2, 0.25) is 0 Å². The van der Waals surface area contributed by atoms with Gasteiger partial charge in [0.1, 0.15) is 0 Å². The summed E-state index contributed by atoms with van der Waals surface area (Å²) in [5.41, 5.74) is -0.0106. The Morgan fingerprint density at radius 3 is 2.08 bits per heavy atom. The number of nitrogens with zero attached hydrogens (tertiary/aromatic N) is 1. The number of carbonyl (C=O) groups is 1. The molecule has 0 saturated carbocycles. The molecule has 1 unspecified atom stereocenters. The van der Waals surface area contributed by atoms with Crippen LogP contribution in [0.1, 0.15) is 6.92 Å². The number of rotatable bonds is 5. The molecule has 8 nitrogen and oxygen atoms in total. The van der Waals surface area contributed by atoms with Gasteiger partial charge in [-0.05, 0) is 0 Å². The molecule has 0 saturated heterocycles. The first-order chi connectivity index (χ1) is 11.2. The summed E-state index contributed by atoms with van der Waals surface area (Å²) in [5, 5.41) is 8.45. The Balaban J connectivity index is 2.50. The van der Waals surface area contributed by atoms with Crippen molar-refractivity contribution < 1.29 is 30.2 Å². The molecule has 2 aromatic carbocycles. The van der Waals surface area contributed by atoms with Crippen molar-refractivity contribution in [3.05, 3.63) is 54.6 Å². The Hall–Kier alpha value is -1.90. The van der Waals surface area contributed by atoms with E-state index in [1.165, 1.54) is 36.4 Å². The van der Waals surface area contributed by atoms with Gasteiger partial charge in [-0.1, -0.05) is 0 Å². The first kappa shape index (κ1) is 18.4. The van der Waals surface area contributed by atoms with E-state index in [0.29, 0.717) is 4.31 Å². The number of anilines is 1. The van der Waals surface area contributed by atoms with Gasteiger partial charge < -0.3 is 0 Å². The number of carbonyl (C=O) groups excluding carboxylic acids is 1. The Morgan fingerprint density at radius 2 is 1.62 bits per heavy atom. The third-order valence-electron chi connectivity index (χ3n) is 3.09. The van der Waals surface area contributed by atoms with Crippen molar-refractivity contribution in [1.29, 1.82) is 0 Å². The van der Waals surface area contributed by atoms with Crippen LogP contribution in [0.3, 0.4) is 0 Å². The Kier molecular flexibility index (Phi) is 5.31. The van der Waals surface area contributed by atoms with E-state index < -0.39 is 30.1 Å². The summed E-state index contributed by atoms with van der Waals surface area (Å²) in [6.45, 7) is 1.09. The Morgan fingerprint density at radius 1 is 1.08 bits per heavy atom. The summed E-state index contributed by atoms with van der Waals surface area (Å²) in [4.78, 5) is 11.8. The van der Waals surface area contributed by atoms with Gasteiger partial charge in [0, 0.05) is 0 Å². The second-order valence-corrected chi connectivity index (χ2v) is 10.1. The monoisotopic (exact) mass is 415 g/mol. The number of hydrogen-bond donors (Lipinski definition) is 2. The van der Waals surface area contributed by atoms with E-state index in [0.717, 1.165) is 19.1 Å². The number of amides is 1. The van der Waals surface area contributed by atoms with Gasteiger partial charge in [-0.25, -0.2) is 0 Å². The van der Waals surface area contributed by atoms with E-state index in [1.807, 2.05) is 0 Å². The summed E-state index contributed by atoms with van der Waals surface area (Å²) in [6.07, 6.45) is 0. The average Bonchev–Trinajstić information content (AvgIpc) is 2.55. The molecule has 1 amide bonds. The SMILES string of the molecule is CC(=O)N(c1ccc([As](=O)(O)OO)cc1)S(=O)(=O)c1ccccc1. The van der Waals surface area contributed by atoms with Gasteiger partial charge in [0.15, 0.2) is 0 Å². The van der Waals surface area contributed by atoms with E-state index in [-0.39, 0.29) is 14.9 Å². The van der Waals surface area contributed by atoms with Crippen LogP contribution in [0.25, 0.3) is 0 Å². The van der Waals surface area contributed by atoms with E-state index in [4.69, 9.17) is 5.26 Å². The molecule has 0 aliphatic rings. The third kappa shape index (κ3) is 3.60. The summed E-state index contributed by atoms with van der Waals surface area (Å²) in [5.74, 6) is -0.748. The fourth-order valence-corrected chi connectivity index (χ4v) is 4.76. The van der Waals surface area contributed by atoms with E-state index >= 15 is 0 Å². The molecule has 0 aliphatic carbocycles. The molecule has 24 heavy (non-hydrogen) atoms. The molecule has 0 fully saturated rings. The normalized spacial score (nSPS) is 14.0. The molecule has 128 valence electrons. The molecular formula is C14H14AsNO7S. The van der Waals surface area contributed by atoms with Gasteiger partial charge >= 0.3 is 141 Å². The van der Waals surface area contributed by atoms with Crippen LogP contribution in [0, 0.1) is 0 Å². The summed E-state index contributed by atoms with van der Waals surface area (Å²) < 4.78 is 50.3. The van der Waals surface area contributed by atoms with Gasteiger partial charge in [-0.15, -0.1) is 0 Å². The summed E-state index contributed by atoms with van der Waals surface area (Å²) >= 11 is -5.05. The number of benzene rings is 2. The van der Waals surface area contributed by atoms with Crippen LogP contribution in [0.15, 0.2) is 59.5 Å². The van der Waals surface area contributed by atoms with Gasteiger partial charge in [0.25, 0.3) is 0 Å². The second kappa shape index (κ2) is 6.92. The van der Waals surface area contributed by atoms with E-state index in [2.05, 4.69) is 3.88 Å². The van der Waals surface area contributed by atoms with Crippen molar-refractivity contribution in [2.45, 2.75) is 11.8 Å². The third-order valence-corrected chi connectivity index (χ3v) is 7.36. The van der Waals surface area contributed by atoms with Gasteiger partial charge in [0.2, 0.25) is 0 Å². The molecule has 0 spiro atoms. The molecular weight excluding hydrogens is 401 g/mol. The fourth-order valence-electron chi connectivity index (χ4n) is 2.01. The first-order valence-corrected chi connectivity index (χ1v) is 11.3. The van der Waals surface area contributed by atoms with Crippen molar-refractivity contribution in [3.8, 4) is 0 Å². The number of sulfonamides is 1. The Bertz CT molecular complexity index is 881. The molecule has 1 atom stereocenters. The standard InChI is InChI=1S/C14H14AsNO7S/c1-11(17)16(24(21,22)14-5-3-2-4-6-14)13-9-7-12(8-10-13)15(18,19)23-20/h2-10,20H,1H3,(H,18,19). The second-order valence-electron chi connectivity index (χ2n) is 4.72. The maximum atomic E-state index is 12.7. The minimum absolute atomic E-state index is 0.0106. The molecule has 2 rings (SSSR count). The average molecular weight is 415 g/mol. The van der Waals surface area contributed by atoms with E-state index in [9.17, 15) is 21.0 Å². The van der Waals surface area contributed by atoms with Crippen molar-refractivity contribution >= 4 is 40.1 Å². The van der Waals surface area contributed by atoms with Crippen LogP contribution in [0.4, 0.5) is 5.69 Å². The molecule has 2 N–H and O–H groups in total. The molecule has 0 radical (unpaired) electrons. The Labute approximate surface area is 141 Å². The van der Waals surface area contributed by atoms with Gasteiger partial charge in [0.05, 0.1) is 0 Å². The zero-order chi connectivity index (χ0) is 18.0. The van der Waals surface area contributed by atoms with Crippen molar-refractivity contribution in [2.24, 2.45) is 0 Å². The molecule has 0 aromatic heterocycles. The van der Waals surface area contributed by atoms with Crippen LogP contribution < -0.4 is 8.66 Å². The van der Waals surface area contributed by atoms with Gasteiger partial charge in [-0.2, -0.15) is 0 Å². The molecule has 10 heteroatoms. The zero-order valence-corrected chi connectivity index (χ0v) is 15.1. The van der Waals surface area contributed by atoms with Crippen LogP contribution in [-0.4, -0.2) is 37.9 Å².